The first-order valence-electron chi connectivity index (χ1n) is 12.4. The van der Waals surface area contributed by atoms with Crippen LogP contribution in [0.5, 0.6) is 0 Å². The molecule has 0 saturated carbocycles. The molecule has 0 bridgehead atoms. The van der Waals surface area contributed by atoms with Crippen LogP contribution < -0.4 is 9.80 Å². The van der Waals surface area contributed by atoms with E-state index in [0.29, 0.717) is 6.54 Å². The lowest BCUT2D eigenvalue weighted by Crippen LogP contribution is -2.29. The first kappa shape index (κ1) is 26.3. The van der Waals surface area contributed by atoms with Gasteiger partial charge >= 0.3 is 5.97 Å². The third-order valence-electron chi connectivity index (χ3n) is 7.36. The predicted octanol–water partition coefficient (Wildman–Crippen LogP) is 7.30. The van der Waals surface area contributed by atoms with Crippen LogP contribution in [0.3, 0.4) is 0 Å². The number of para-hydroxylation sites is 1. The fourth-order valence-corrected chi connectivity index (χ4v) is 5.37. The van der Waals surface area contributed by atoms with Crippen LogP contribution in [-0.2, 0) is 15.6 Å². The molecule has 5 nitrogen and oxygen atoms in total. The molecule has 0 aliphatic carbocycles. The number of anilines is 2. The van der Waals surface area contributed by atoms with Crippen molar-refractivity contribution in [3.8, 4) is 0 Å². The van der Waals surface area contributed by atoms with Crippen LogP contribution in [0.1, 0.15) is 45.2 Å². The van der Waals surface area contributed by atoms with Gasteiger partial charge in [-0.3, -0.25) is 4.79 Å². The van der Waals surface area contributed by atoms with Gasteiger partial charge in [0.1, 0.15) is 0 Å². The summed E-state index contributed by atoms with van der Waals surface area (Å²) in [6.45, 7) is 9.24. The lowest BCUT2D eigenvalue weighted by atomic mass is 9.74. The van der Waals surface area contributed by atoms with E-state index in [1.165, 1.54) is 16.7 Å². The number of nitrogens with zero attached hydrogens (tertiary/aromatic N) is 3. The number of hydrogen-bond donors (Lipinski definition) is 1. The number of aliphatic carboxylic acids is 1. The number of carboxylic acids is 1. The molecular weight excluding hydrogens is 478 g/mol. The van der Waals surface area contributed by atoms with E-state index in [-0.39, 0.29) is 17.3 Å². The smallest absolute Gasteiger partial charge is 0.305 e. The van der Waals surface area contributed by atoms with Crippen molar-refractivity contribution in [2.45, 2.75) is 44.9 Å². The Morgan fingerprint density at radius 3 is 2.51 bits per heavy atom. The summed E-state index contributed by atoms with van der Waals surface area (Å²) < 4.78 is 0. The predicted molar refractivity (Wildman–Crippen MR) is 156 cm³/mol. The molecule has 0 radical (unpaired) electrons. The lowest BCUT2D eigenvalue weighted by Gasteiger charge is -2.37. The second-order valence-electron chi connectivity index (χ2n) is 10.5. The Balaban J connectivity index is 1.59. The number of carboxylic acid groups (broad SMARTS) is 1. The molecule has 0 atom stereocenters. The van der Waals surface area contributed by atoms with Crippen molar-refractivity contribution in [1.29, 1.82) is 0 Å². The summed E-state index contributed by atoms with van der Waals surface area (Å²) in [5.41, 5.74) is 7.29. The first-order valence-corrected chi connectivity index (χ1v) is 12.8. The largest absolute Gasteiger partial charge is 0.481 e. The maximum atomic E-state index is 11.3. The highest BCUT2D eigenvalue weighted by atomic mass is 32.1. The topological polar surface area (TPSA) is 56.1 Å². The third-order valence-corrected chi connectivity index (χ3v) is 7.45. The number of allylic oxidation sites excluding steroid dienone is 7. The minimum absolute atomic E-state index is 0.0844. The number of aliphatic imine (C=N–C) groups is 1. The molecule has 2 aromatic carbocycles. The third kappa shape index (κ3) is 5.08. The van der Waals surface area contributed by atoms with E-state index in [9.17, 15) is 9.90 Å². The van der Waals surface area contributed by atoms with E-state index >= 15 is 0 Å². The summed E-state index contributed by atoms with van der Waals surface area (Å²) in [4.78, 5) is 19.7. The van der Waals surface area contributed by atoms with Gasteiger partial charge in [-0.25, -0.2) is 0 Å². The molecule has 2 aromatic rings. The van der Waals surface area contributed by atoms with E-state index < -0.39 is 5.97 Å². The van der Waals surface area contributed by atoms with Crippen LogP contribution in [0.4, 0.5) is 17.1 Å². The van der Waals surface area contributed by atoms with Crippen molar-refractivity contribution < 1.29 is 9.90 Å². The zero-order valence-electron chi connectivity index (χ0n) is 22.0. The number of carbonyl (C=O) groups is 1. The number of benzene rings is 2. The summed E-state index contributed by atoms with van der Waals surface area (Å²) >= 11 is 4.79. The van der Waals surface area contributed by atoms with Crippen molar-refractivity contribution in [3.63, 3.8) is 0 Å². The number of isothiocyanates is 1. The molecule has 37 heavy (non-hydrogen) atoms. The molecule has 2 aliphatic rings. The number of hydrogen-bond acceptors (Lipinski definition) is 5. The summed E-state index contributed by atoms with van der Waals surface area (Å²) in [6.07, 6.45) is 12.6. The molecule has 6 heteroatoms. The van der Waals surface area contributed by atoms with Crippen LogP contribution >= 0.6 is 12.2 Å². The summed E-state index contributed by atoms with van der Waals surface area (Å²) in [5.74, 6) is -0.795. The van der Waals surface area contributed by atoms with Gasteiger partial charge in [-0.2, -0.15) is 4.99 Å². The zero-order valence-corrected chi connectivity index (χ0v) is 22.8. The van der Waals surface area contributed by atoms with Gasteiger partial charge < -0.3 is 14.9 Å². The van der Waals surface area contributed by atoms with Crippen molar-refractivity contribution in [3.05, 3.63) is 101 Å². The Bertz CT molecular complexity index is 1390. The fraction of sp³-hybridized carbons (Fsp3) is 0.290. The monoisotopic (exact) mass is 511 g/mol. The van der Waals surface area contributed by atoms with Crippen molar-refractivity contribution in [2.75, 3.05) is 23.4 Å². The second-order valence-corrected chi connectivity index (χ2v) is 10.6. The van der Waals surface area contributed by atoms with Gasteiger partial charge in [-0.1, -0.05) is 70.2 Å². The van der Waals surface area contributed by atoms with E-state index in [2.05, 4.69) is 103 Å². The average molecular weight is 512 g/mol. The van der Waals surface area contributed by atoms with Crippen LogP contribution in [0, 0.1) is 0 Å². The summed E-state index contributed by atoms with van der Waals surface area (Å²) in [5, 5.41) is 11.7. The van der Waals surface area contributed by atoms with E-state index in [0.717, 1.165) is 22.8 Å². The van der Waals surface area contributed by atoms with Gasteiger partial charge in [-0.15, -0.1) is 0 Å². The summed E-state index contributed by atoms with van der Waals surface area (Å²) in [7, 11) is 2.05. The van der Waals surface area contributed by atoms with E-state index in [1.807, 2.05) is 30.4 Å². The molecule has 0 unspecified atom stereocenters. The SMILES string of the molecule is CN1C=C(/C=C/C=C/C=C2/N(CCC(=O)O)c3ccccc3C2(C)C)C(C)(C)c2cc(N=C=S)ccc21. The second kappa shape index (κ2) is 10.3. The number of fused-ring (bicyclic) bond motifs is 2. The van der Waals surface area contributed by atoms with Crippen LogP contribution in [0.25, 0.3) is 0 Å². The standard InChI is InChI=1S/C31H33N3O2S/c1-30(2)22(20-33(5)26-16-15-23(32-21-37)19-25(26)30)11-7-6-8-14-28-31(3,4)24-12-9-10-13-27(24)34(28)18-17-29(35)36/h6-16,19-20H,17-18H2,1-5H3,(H,35,36)/b8-6+,11-7+,28-14+. The minimum Gasteiger partial charge on any atom is -0.481 e. The molecule has 0 saturated heterocycles. The maximum absolute atomic E-state index is 11.3. The zero-order chi connectivity index (χ0) is 26.8. The highest BCUT2D eigenvalue weighted by Gasteiger charge is 2.39. The van der Waals surface area contributed by atoms with E-state index in [1.54, 1.807) is 0 Å². The Labute approximate surface area is 224 Å². The molecular formula is C31H33N3O2S. The highest BCUT2D eigenvalue weighted by molar-refractivity contribution is 7.78. The van der Waals surface area contributed by atoms with Gasteiger partial charge in [-0.05, 0) is 59.3 Å². The normalized spacial score (nSPS) is 18.6. The molecule has 0 spiro atoms. The molecule has 0 amide bonds. The molecule has 4 rings (SSSR count). The first-order chi connectivity index (χ1) is 17.6. The highest BCUT2D eigenvalue weighted by Crippen LogP contribution is 2.47. The Hall–Kier alpha value is -3.73. The number of thiocarbonyl (C=S) groups is 1. The fourth-order valence-electron chi connectivity index (χ4n) is 5.26. The van der Waals surface area contributed by atoms with Gasteiger partial charge in [0.25, 0.3) is 0 Å². The minimum atomic E-state index is -0.795. The van der Waals surface area contributed by atoms with Crippen LogP contribution in [0.15, 0.2) is 95.3 Å². The Morgan fingerprint density at radius 2 is 1.78 bits per heavy atom. The number of rotatable bonds is 7. The lowest BCUT2D eigenvalue weighted by molar-refractivity contribution is -0.136. The molecule has 0 fully saturated rings. The van der Waals surface area contributed by atoms with Gasteiger partial charge in [0.2, 0.25) is 0 Å². The Morgan fingerprint density at radius 1 is 1.03 bits per heavy atom. The van der Waals surface area contributed by atoms with Gasteiger partial charge in [0, 0.05) is 47.7 Å². The Kier molecular flexibility index (Phi) is 7.35. The van der Waals surface area contributed by atoms with Crippen molar-refractivity contribution in [2.24, 2.45) is 4.99 Å². The van der Waals surface area contributed by atoms with Crippen LogP contribution in [0.2, 0.25) is 0 Å². The van der Waals surface area contributed by atoms with E-state index in [4.69, 9.17) is 12.2 Å². The van der Waals surface area contributed by atoms with Crippen molar-refractivity contribution in [1.82, 2.24) is 0 Å². The average Bonchev–Trinajstić information content (AvgIpc) is 3.07. The molecule has 2 aliphatic heterocycles. The molecule has 0 aromatic heterocycles. The molecule has 1 N–H and O–H groups in total. The quantitative estimate of drug-likeness (QED) is 0.240. The van der Waals surface area contributed by atoms with Gasteiger partial charge in [0.15, 0.2) is 0 Å². The molecule has 2 heterocycles. The van der Waals surface area contributed by atoms with Gasteiger partial charge in [0.05, 0.1) is 17.3 Å². The van der Waals surface area contributed by atoms with Crippen molar-refractivity contribution >= 4 is 40.4 Å². The summed E-state index contributed by atoms with van der Waals surface area (Å²) in [6, 6.07) is 14.3. The van der Waals surface area contributed by atoms with Crippen LogP contribution in [-0.4, -0.2) is 29.8 Å². The molecule has 190 valence electrons. The maximum Gasteiger partial charge on any atom is 0.305 e.